The minimum atomic E-state index is -0.0469. The Morgan fingerprint density at radius 3 is 3.10 bits per heavy atom. The molecule has 48 valence electrons. The lowest BCUT2D eigenvalue weighted by Crippen LogP contribution is -2.29. The van der Waals surface area contributed by atoms with Crippen LogP contribution in [-0.4, -0.2) is 16.3 Å². The summed E-state index contributed by atoms with van der Waals surface area (Å²) >= 11 is 0. The average molecular weight is 130 g/mol. The molecule has 0 saturated carbocycles. The van der Waals surface area contributed by atoms with Crippen molar-refractivity contribution in [1.29, 1.82) is 0 Å². The highest BCUT2D eigenvalue weighted by molar-refractivity contribution is 6.16. The molecule has 2 nitrogen and oxygen atoms in total. The van der Waals surface area contributed by atoms with E-state index in [1.165, 1.54) is 5.71 Å². The topological polar surface area (TPSA) is 15.6 Å². The Bertz CT molecular complexity index is 309. The minimum absolute atomic E-state index is 0.0469. The van der Waals surface area contributed by atoms with E-state index in [0.717, 1.165) is 0 Å². The number of aliphatic imine (C=N–C) groups is 1. The lowest BCUT2D eigenvalue weighted by atomic mass is 10.1. The zero-order valence-corrected chi connectivity index (χ0v) is 5.36. The second kappa shape index (κ2) is 1.10. The van der Waals surface area contributed by atoms with E-state index in [0.29, 0.717) is 0 Å². The van der Waals surface area contributed by atoms with Crippen LogP contribution in [0.2, 0.25) is 0 Å². The van der Waals surface area contributed by atoms with Gasteiger partial charge in [-0.15, -0.1) is 0 Å². The van der Waals surface area contributed by atoms with Gasteiger partial charge >= 0.3 is 0 Å². The van der Waals surface area contributed by atoms with E-state index in [1.54, 1.807) is 0 Å². The van der Waals surface area contributed by atoms with Crippen LogP contribution >= 0.6 is 0 Å². The van der Waals surface area contributed by atoms with Crippen LogP contribution in [0, 0.1) is 0 Å². The normalized spacial score (nSPS) is 37.6. The molecule has 0 bridgehead atoms. The van der Waals surface area contributed by atoms with Gasteiger partial charge in [0.05, 0.1) is 5.71 Å². The first-order valence-corrected chi connectivity index (χ1v) is 3.35. The zero-order valence-electron chi connectivity index (χ0n) is 5.36. The third-order valence-corrected chi connectivity index (χ3v) is 2.09. The van der Waals surface area contributed by atoms with Gasteiger partial charge in [0.1, 0.15) is 0 Å². The van der Waals surface area contributed by atoms with Crippen molar-refractivity contribution in [2.24, 2.45) is 4.99 Å². The van der Waals surface area contributed by atoms with Gasteiger partial charge in [-0.1, -0.05) is 6.08 Å². The number of nitrogens with zero attached hydrogens (tertiary/aromatic N) is 2. The molecule has 0 radical (unpaired) electrons. The molecule has 2 heteroatoms. The maximum Gasteiger partial charge on any atom is 0.198 e. The van der Waals surface area contributed by atoms with E-state index in [1.807, 2.05) is 18.4 Å². The van der Waals surface area contributed by atoms with E-state index >= 15 is 0 Å². The first-order chi connectivity index (χ1) is 4.92. The van der Waals surface area contributed by atoms with Gasteiger partial charge in [-0.25, -0.2) is 4.99 Å². The second-order valence-electron chi connectivity index (χ2n) is 2.65. The fourth-order valence-electron chi connectivity index (χ4n) is 1.47. The molecule has 1 spiro atoms. The average Bonchev–Trinajstić information content (AvgIpc) is 2.55. The SMILES string of the molecule is C1=CN2C=CC3=NC32C=C1. The fraction of sp³-hybridized carbons (Fsp3) is 0.125. The van der Waals surface area contributed by atoms with E-state index in [-0.39, 0.29) is 5.66 Å². The van der Waals surface area contributed by atoms with Crippen LogP contribution in [0.3, 0.4) is 0 Å². The largest absolute Gasteiger partial charge is 0.321 e. The van der Waals surface area contributed by atoms with Gasteiger partial charge in [0.15, 0.2) is 5.66 Å². The van der Waals surface area contributed by atoms with Crippen molar-refractivity contribution in [3.63, 3.8) is 0 Å². The smallest absolute Gasteiger partial charge is 0.198 e. The van der Waals surface area contributed by atoms with Crippen LogP contribution in [0.15, 0.2) is 41.7 Å². The molecule has 1 atom stereocenters. The summed E-state index contributed by atoms with van der Waals surface area (Å²) in [5.41, 5.74) is 1.14. The third-order valence-electron chi connectivity index (χ3n) is 2.09. The molecule has 3 aliphatic heterocycles. The van der Waals surface area contributed by atoms with Crippen molar-refractivity contribution in [2.75, 3.05) is 0 Å². The molecule has 0 N–H and O–H groups in total. The maximum atomic E-state index is 4.33. The number of rotatable bonds is 0. The molecular weight excluding hydrogens is 124 g/mol. The standard InChI is InChI=1S/C8H6N2/c1-2-5-10-6-3-7-8(10,4-1)9-7/h1-6H. The molecule has 0 aliphatic carbocycles. The van der Waals surface area contributed by atoms with Crippen LogP contribution in [0.4, 0.5) is 0 Å². The highest BCUT2D eigenvalue weighted by Crippen LogP contribution is 2.41. The molecule has 0 aromatic heterocycles. The Hall–Kier alpha value is -1.31. The third kappa shape index (κ3) is 0.304. The molecule has 0 aromatic carbocycles. The summed E-state index contributed by atoms with van der Waals surface area (Å²) in [6.07, 6.45) is 12.3. The summed E-state index contributed by atoms with van der Waals surface area (Å²) < 4.78 is 0. The Morgan fingerprint density at radius 1 is 1.30 bits per heavy atom. The first kappa shape index (κ1) is 4.50. The summed E-state index contributed by atoms with van der Waals surface area (Å²) in [4.78, 5) is 6.45. The van der Waals surface area contributed by atoms with Crippen molar-refractivity contribution >= 4 is 5.71 Å². The molecule has 0 amide bonds. The molecule has 10 heavy (non-hydrogen) atoms. The number of hydrogen-bond donors (Lipinski definition) is 0. The monoisotopic (exact) mass is 130 g/mol. The van der Waals surface area contributed by atoms with Crippen molar-refractivity contribution < 1.29 is 0 Å². The predicted octanol–water partition coefficient (Wildman–Crippen LogP) is 1.05. The summed E-state index contributed by atoms with van der Waals surface area (Å²) in [6.45, 7) is 0. The van der Waals surface area contributed by atoms with E-state index in [9.17, 15) is 0 Å². The molecule has 0 saturated heterocycles. The van der Waals surface area contributed by atoms with Crippen LogP contribution in [0.25, 0.3) is 0 Å². The summed E-state index contributed by atoms with van der Waals surface area (Å²) in [7, 11) is 0. The molecule has 3 heterocycles. The van der Waals surface area contributed by atoms with Crippen molar-refractivity contribution in [1.82, 2.24) is 4.90 Å². The van der Waals surface area contributed by atoms with Crippen molar-refractivity contribution in [3.05, 3.63) is 36.7 Å². The van der Waals surface area contributed by atoms with Crippen LogP contribution in [0.5, 0.6) is 0 Å². The Balaban J connectivity index is 2.15. The van der Waals surface area contributed by atoms with Gasteiger partial charge in [0.25, 0.3) is 0 Å². The van der Waals surface area contributed by atoms with Crippen molar-refractivity contribution in [3.8, 4) is 0 Å². The number of allylic oxidation sites excluding steroid dienone is 2. The molecule has 1 unspecified atom stereocenters. The molecular formula is C8H6N2. The lowest BCUT2D eigenvalue weighted by Gasteiger charge is -2.21. The summed E-state index contributed by atoms with van der Waals surface area (Å²) in [5, 5.41) is 0. The minimum Gasteiger partial charge on any atom is -0.321 e. The Labute approximate surface area is 58.9 Å². The quantitative estimate of drug-likeness (QED) is 0.478. The van der Waals surface area contributed by atoms with Crippen LogP contribution in [0.1, 0.15) is 0 Å². The van der Waals surface area contributed by atoms with Crippen LogP contribution in [-0.2, 0) is 0 Å². The lowest BCUT2D eigenvalue weighted by molar-refractivity contribution is 0.425. The molecule has 3 aliphatic rings. The second-order valence-corrected chi connectivity index (χ2v) is 2.65. The van der Waals surface area contributed by atoms with Gasteiger partial charge < -0.3 is 4.90 Å². The molecule has 0 aromatic rings. The first-order valence-electron chi connectivity index (χ1n) is 3.35. The van der Waals surface area contributed by atoms with E-state index < -0.39 is 0 Å². The highest BCUT2D eigenvalue weighted by Gasteiger charge is 2.51. The number of hydrogen-bond acceptors (Lipinski definition) is 2. The zero-order chi connectivity index (χ0) is 6.60. The van der Waals surface area contributed by atoms with Gasteiger partial charge in [-0.3, -0.25) is 0 Å². The molecule has 3 rings (SSSR count). The summed E-state index contributed by atoms with van der Waals surface area (Å²) in [5.74, 6) is 0. The predicted molar refractivity (Wildman–Crippen MR) is 39.4 cm³/mol. The van der Waals surface area contributed by atoms with Gasteiger partial charge in [0, 0.05) is 12.4 Å². The molecule has 0 fully saturated rings. The van der Waals surface area contributed by atoms with E-state index in [4.69, 9.17) is 0 Å². The van der Waals surface area contributed by atoms with Crippen LogP contribution < -0.4 is 0 Å². The van der Waals surface area contributed by atoms with Gasteiger partial charge in [-0.2, -0.15) is 0 Å². The van der Waals surface area contributed by atoms with Gasteiger partial charge in [0.2, 0.25) is 0 Å². The van der Waals surface area contributed by atoms with E-state index in [2.05, 4.69) is 28.2 Å². The summed E-state index contributed by atoms with van der Waals surface area (Å²) in [6, 6.07) is 0. The van der Waals surface area contributed by atoms with Crippen molar-refractivity contribution in [2.45, 2.75) is 5.66 Å². The Kier molecular flexibility index (Phi) is 0.495. The van der Waals surface area contributed by atoms with Gasteiger partial charge in [-0.05, 0) is 18.2 Å². The Morgan fingerprint density at radius 2 is 2.30 bits per heavy atom. The maximum absolute atomic E-state index is 4.33. The fourth-order valence-corrected chi connectivity index (χ4v) is 1.47. The highest BCUT2D eigenvalue weighted by atomic mass is 15.4.